The standard InChI is InChI=1S/C10H15N3O/c1-10(2)5-3-4-6-7(10)8(9(11)14)13-12-6/h3-5H2,1-2H3,(H2,11,14)(H,12,13). The second kappa shape index (κ2) is 2.83. The smallest absolute Gasteiger partial charge is 0.269 e. The molecule has 1 amide bonds. The van der Waals surface area contributed by atoms with Crippen LogP contribution >= 0.6 is 0 Å². The molecule has 76 valence electrons. The number of aryl methyl sites for hydroxylation is 1. The Balaban J connectivity index is 2.58. The van der Waals surface area contributed by atoms with E-state index in [-0.39, 0.29) is 5.41 Å². The summed E-state index contributed by atoms with van der Waals surface area (Å²) in [5, 5.41) is 6.91. The quantitative estimate of drug-likeness (QED) is 0.701. The number of hydrogen-bond acceptors (Lipinski definition) is 2. The minimum Gasteiger partial charge on any atom is -0.364 e. The van der Waals surface area contributed by atoms with Gasteiger partial charge in [-0.15, -0.1) is 0 Å². The van der Waals surface area contributed by atoms with Crippen LogP contribution in [0.25, 0.3) is 0 Å². The fourth-order valence-corrected chi connectivity index (χ4v) is 2.30. The Morgan fingerprint density at radius 2 is 2.29 bits per heavy atom. The van der Waals surface area contributed by atoms with Crippen molar-refractivity contribution >= 4 is 5.91 Å². The predicted octanol–water partition coefficient (Wildman–Crippen LogP) is 1.12. The van der Waals surface area contributed by atoms with Gasteiger partial charge in [-0.1, -0.05) is 13.8 Å². The Morgan fingerprint density at radius 3 is 2.93 bits per heavy atom. The third-order valence-corrected chi connectivity index (χ3v) is 2.98. The van der Waals surface area contributed by atoms with E-state index in [1.54, 1.807) is 0 Å². The Bertz CT molecular complexity index is 379. The molecule has 1 aliphatic rings. The van der Waals surface area contributed by atoms with E-state index in [9.17, 15) is 4.79 Å². The number of rotatable bonds is 1. The third kappa shape index (κ3) is 1.22. The van der Waals surface area contributed by atoms with Crippen LogP contribution in [0.4, 0.5) is 0 Å². The van der Waals surface area contributed by atoms with Gasteiger partial charge in [0.1, 0.15) is 0 Å². The number of H-pyrrole nitrogens is 1. The number of aromatic amines is 1. The number of hydrogen-bond donors (Lipinski definition) is 2. The summed E-state index contributed by atoms with van der Waals surface area (Å²) in [5.74, 6) is -0.433. The number of fused-ring (bicyclic) bond motifs is 1. The maximum absolute atomic E-state index is 11.2. The van der Waals surface area contributed by atoms with Gasteiger partial charge in [-0.05, 0) is 24.7 Å². The van der Waals surface area contributed by atoms with Gasteiger partial charge >= 0.3 is 0 Å². The highest BCUT2D eigenvalue weighted by Crippen LogP contribution is 2.37. The summed E-state index contributed by atoms with van der Waals surface area (Å²) < 4.78 is 0. The lowest BCUT2D eigenvalue weighted by atomic mass is 9.74. The predicted molar refractivity (Wildman–Crippen MR) is 53.1 cm³/mol. The largest absolute Gasteiger partial charge is 0.364 e. The maximum atomic E-state index is 11.2. The summed E-state index contributed by atoms with van der Waals surface area (Å²) >= 11 is 0. The molecule has 0 aliphatic heterocycles. The Kier molecular flexibility index (Phi) is 1.87. The zero-order valence-corrected chi connectivity index (χ0v) is 8.55. The van der Waals surface area contributed by atoms with Gasteiger partial charge < -0.3 is 5.73 Å². The first-order chi connectivity index (χ1) is 6.52. The molecule has 0 aromatic carbocycles. The first-order valence-corrected chi connectivity index (χ1v) is 4.90. The van der Waals surface area contributed by atoms with Crippen molar-refractivity contribution in [3.63, 3.8) is 0 Å². The number of nitrogens with zero attached hydrogens (tertiary/aromatic N) is 1. The van der Waals surface area contributed by atoms with E-state index < -0.39 is 5.91 Å². The molecule has 1 heterocycles. The lowest BCUT2D eigenvalue weighted by molar-refractivity contribution is 0.0993. The van der Waals surface area contributed by atoms with Crippen LogP contribution < -0.4 is 5.73 Å². The highest BCUT2D eigenvalue weighted by Gasteiger charge is 2.33. The molecule has 0 radical (unpaired) electrons. The Hall–Kier alpha value is -1.32. The zero-order valence-electron chi connectivity index (χ0n) is 8.55. The summed E-state index contributed by atoms with van der Waals surface area (Å²) in [6, 6.07) is 0. The van der Waals surface area contributed by atoms with Crippen LogP contribution in [0.3, 0.4) is 0 Å². The van der Waals surface area contributed by atoms with Crippen molar-refractivity contribution in [3.05, 3.63) is 17.0 Å². The Labute approximate surface area is 82.9 Å². The van der Waals surface area contributed by atoms with Crippen molar-refractivity contribution < 1.29 is 4.79 Å². The fourth-order valence-electron chi connectivity index (χ4n) is 2.30. The van der Waals surface area contributed by atoms with Crippen LogP contribution in [0.1, 0.15) is 48.4 Å². The van der Waals surface area contributed by atoms with E-state index in [4.69, 9.17) is 5.73 Å². The lowest BCUT2D eigenvalue weighted by Gasteiger charge is -2.29. The molecule has 0 atom stereocenters. The molecule has 0 saturated carbocycles. The van der Waals surface area contributed by atoms with Crippen LogP contribution in [-0.4, -0.2) is 16.1 Å². The zero-order chi connectivity index (χ0) is 10.3. The highest BCUT2D eigenvalue weighted by atomic mass is 16.1. The average Bonchev–Trinajstić information content (AvgIpc) is 2.48. The lowest BCUT2D eigenvalue weighted by Crippen LogP contribution is -2.27. The second-order valence-electron chi connectivity index (χ2n) is 4.53. The molecule has 14 heavy (non-hydrogen) atoms. The number of amides is 1. The topological polar surface area (TPSA) is 71.8 Å². The van der Waals surface area contributed by atoms with Gasteiger partial charge in [0.15, 0.2) is 5.69 Å². The molecule has 1 aliphatic carbocycles. The SMILES string of the molecule is CC1(C)CCCc2[nH]nc(C(N)=O)c21. The molecule has 0 spiro atoms. The van der Waals surface area contributed by atoms with Crippen molar-refractivity contribution in [1.29, 1.82) is 0 Å². The van der Waals surface area contributed by atoms with E-state index in [0.717, 1.165) is 30.5 Å². The number of aromatic nitrogens is 2. The third-order valence-electron chi connectivity index (χ3n) is 2.98. The first-order valence-electron chi connectivity index (χ1n) is 4.90. The number of nitrogens with two attached hydrogens (primary N) is 1. The molecule has 1 aromatic heterocycles. The van der Waals surface area contributed by atoms with Crippen molar-refractivity contribution in [2.75, 3.05) is 0 Å². The monoisotopic (exact) mass is 193 g/mol. The Morgan fingerprint density at radius 1 is 1.57 bits per heavy atom. The van der Waals surface area contributed by atoms with Crippen LogP contribution in [-0.2, 0) is 11.8 Å². The first kappa shape index (κ1) is 9.24. The molecular weight excluding hydrogens is 178 g/mol. The maximum Gasteiger partial charge on any atom is 0.269 e. The van der Waals surface area contributed by atoms with Crippen LogP contribution in [0.5, 0.6) is 0 Å². The molecule has 0 bridgehead atoms. The molecule has 0 saturated heterocycles. The highest BCUT2D eigenvalue weighted by molar-refractivity contribution is 5.93. The number of nitrogens with one attached hydrogen (secondary N) is 1. The normalized spacial score (nSPS) is 19.0. The molecule has 1 aromatic rings. The van der Waals surface area contributed by atoms with Gasteiger partial charge in [-0.2, -0.15) is 5.10 Å². The summed E-state index contributed by atoms with van der Waals surface area (Å²) in [5.41, 5.74) is 7.82. The molecule has 0 unspecified atom stereocenters. The molecule has 4 heteroatoms. The molecule has 3 N–H and O–H groups in total. The van der Waals surface area contributed by atoms with Crippen molar-refractivity contribution in [3.8, 4) is 0 Å². The van der Waals surface area contributed by atoms with Gasteiger partial charge in [0, 0.05) is 11.3 Å². The molecule has 0 fully saturated rings. The van der Waals surface area contributed by atoms with Crippen molar-refractivity contribution in [2.24, 2.45) is 5.73 Å². The number of carbonyl (C=O) groups is 1. The van der Waals surface area contributed by atoms with Crippen molar-refractivity contribution in [2.45, 2.75) is 38.5 Å². The molecule has 4 nitrogen and oxygen atoms in total. The average molecular weight is 193 g/mol. The minimum absolute atomic E-state index is 0.0188. The van der Waals surface area contributed by atoms with E-state index in [0.29, 0.717) is 5.69 Å². The molecule has 2 rings (SSSR count). The van der Waals surface area contributed by atoms with Gasteiger partial charge in [-0.3, -0.25) is 9.89 Å². The number of carbonyl (C=O) groups excluding carboxylic acids is 1. The van der Waals surface area contributed by atoms with Gasteiger partial charge in [0.2, 0.25) is 0 Å². The van der Waals surface area contributed by atoms with E-state index in [1.165, 1.54) is 0 Å². The van der Waals surface area contributed by atoms with Crippen molar-refractivity contribution in [1.82, 2.24) is 10.2 Å². The fraction of sp³-hybridized carbons (Fsp3) is 0.600. The molecular formula is C10H15N3O. The summed E-state index contributed by atoms with van der Waals surface area (Å²) in [4.78, 5) is 11.2. The van der Waals surface area contributed by atoms with E-state index in [1.807, 2.05) is 0 Å². The number of primary amides is 1. The van der Waals surface area contributed by atoms with E-state index >= 15 is 0 Å². The summed E-state index contributed by atoms with van der Waals surface area (Å²) in [6.45, 7) is 4.26. The van der Waals surface area contributed by atoms with Gasteiger partial charge in [-0.25, -0.2) is 0 Å². The van der Waals surface area contributed by atoms with Gasteiger partial charge in [0.05, 0.1) is 0 Å². The summed E-state index contributed by atoms with van der Waals surface area (Å²) in [6.07, 6.45) is 3.19. The van der Waals surface area contributed by atoms with Crippen LogP contribution in [0.2, 0.25) is 0 Å². The van der Waals surface area contributed by atoms with Crippen LogP contribution in [0.15, 0.2) is 0 Å². The minimum atomic E-state index is -0.433. The van der Waals surface area contributed by atoms with E-state index in [2.05, 4.69) is 24.0 Å². The van der Waals surface area contributed by atoms with Gasteiger partial charge in [0.25, 0.3) is 5.91 Å². The van der Waals surface area contributed by atoms with Crippen LogP contribution in [0, 0.1) is 0 Å². The summed E-state index contributed by atoms with van der Waals surface area (Å²) in [7, 11) is 0. The second-order valence-corrected chi connectivity index (χ2v) is 4.53.